The number of hydrogen-bond donors (Lipinski definition) is 0. The molecule has 0 saturated heterocycles. The molecule has 0 amide bonds. The zero-order chi connectivity index (χ0) is 10.3. The van der Waals surface area contributed by atoms with E-state index in [1.165, 1.54) is 0 Å². The van der Waals surface area contributed by atoms with Crippen molar-refractivity contribution in [3.8, 4) is 0 Å². The lowest BCUT2D eigenvalue weighted by Gasteiger charge is -1.95. The van der Waals surface area contributed by atoms with Gasteiger partial charge >= 0.3 is 0 Å². The van der Waals surface area contributed by atoms with Gasteiger partial charge in [-0.1, -0.05) is 0 Å². The van der Waals surface area contributed by atoms with Gasteiger partial charge in [0.25, 0.3) is 5.95 Å². The highest BCUT2D eigenvalue weighted by molar-refractivity contribution is 5.86. The van der Waals surface area contributed by atoms with Crippen LogP contribution in [0.25, 0.3) is 11.0 Å². The second-order valence-corrected chi connectivity index (χ2v) is 2.56. The van der Waals surface area contributed by atoms with Crippen LogP contribution in [0, 0.1) is 17.6 Å². The summed E-state index contributed by atoms with van der Waals surface area (Å²) in [5, 5.41) is 2.45. The number of rotatable bonds is 1. The number of carbonyl (C=O) groups excluding carboxylic acids is 1. The average molecular weight is 201 g/mol. The Bertz CT molecular complexity index is 521. The maximum Gasteiger partial charge on any atom is 0.261 e. The number of nitrogens with zero attached hydrogens (tertiary/aromatic N) is 1. The Labute approximate surface area is 75.1 Å². The zero-order valence-electron chi connectivity index (χ0n) is 6.55. The number of aromatic nitrogens is 1. The molecule has 0 fully saturated rings. The molecule has 2 rings (SSSR count). The van der Waals surface area contributed by atoms with E-state index >= 15 is 0 Å². The first-order valence-corrected chi connectivity index (χ1v) is 3.53. The molecule has 0 aliphatic rings. The second kappa shape index (κ2) is 2.83. The van der Waals surface area contributed by atoms with Crippen molar-refractivity contribution in [1.82, 2.24) is 5.16 Å². The molecule has 0 saturated carbocycles. The summed E-state index contributed by atoms with van der Waals surface area (Å²) in [5.41, 5.74) is -1.21. The van der Waals surface area contributed by atoms with E-state index in [0.29, 0.717) is 0 Å². The van der Waals surface area contributed by atoms with Gasteiger partial charge in [-0.15, -0.1) is 0 Å². The van der Waals surface area contributed by atoms with E-state index in [-0.39, 0.29) is 11.7 Å². The first kappa shape index (κ1) is 8.74. The Balaban J connectivity index is 2.94. The van der Waals surface area contributed by atoms with Gasteiger partial charge in [-0.25, -0.2) is 4.39 Å². The summed E-state index contributed by atoms with van der Waals surface area (Å²) in [7, 11) is 0. The molecule has 0 atom stereocenters. The first-order valence-electron chi connectivity index (χ1n) is 3.53. The summed E-state index contributed by atoms with van der Waals surface area (Å²) < 4.78 is 42.9. The summed E-state index contributed by atoms with van der Waals surface area (Å²) in [6.07, 6.45) is 0.0876. The molecule has 1 heterocycles. The zero-order valence-corrected chi connectivity index (χ0v) is 6.55. The molecule has 0 unspecified atom stereocenters. The van der Waals surface area contributed by atoms with Gasteiger partial charge in [0.15, 0.2) is 12.1 Å². The largest absolute Gasteiger partial charge is 0.350 e. The fourth-order valence-corrected chi connectivity index (χ4v) is 1.09. The average Bonchev–Trinajstić information content (AvgIpc) is 2.54. The Morgan fingerprint density at radius 1 is 1.29 bits per heavy atom. The van der Waals surface area contributed by atoms with E-state index in [9.17, 15) is 18.0 Å². The minimum Gasteiger partial charge on any atom is -0.350 e. The maximum absolute atomic E-state index is 13.0. The number of hydrogen-bond acceptors (Lipinski definition) is 3. The third-order valence-electron chi connectivity index (χ3n) is 1.76. The predicted octanol–water partition coefficient (Wildman–Crippen LogP) is 2.06. The third-order valence-corrected chi connectivity index (χ3v) is 1.76. The lowest BCUT2D eigenvalue weighted by molar-refractivity contribution is 0.111. The van der Waals surface area contributed by atoms with E-state index in [2.05, 4.69) is 9.68 Å². The van der Waals surface area contributed by atoms with Crippen LogP contribution in [0.3, 0.4) is 0 Å². The van der Waals surface area contributed by atoms with Crippen molar-refractivity contribution < 1.29 is 22.5 Å². The standard InChI is InChI=1S/C8H2F3NO2/c9-5-3(2-13)1-4-7(6(5)10)14-12-8(4)11/h1-2H. The van der Waals surface area contributed by atoms with E-state index in [0.717, 1.165) is 6.07 Å². The van der Waals surface area contributed by atoms with E-state index in [1.807, 2.05) is 0 Å². The molecule has 2 aromatic rings. The summed E-state index contributed by atoms with van der Waals surface area (Å²) in [4.78, 5) is 10.3. The first-order chi connectivity index (χ1) is 6.65. The highest BCUT2D eigenvalue weighted by Crippen LogP contribution is 2.24. The van der Waals surface area contributed by atoms with Gasteiger partial charge < -0.3 is 4.52 Å². The van der Waals surface area contributed by atoms with Crippen molar-refractivity contribution in [2.45, 2.75) is 0 Å². The quantitative estimate of drug-likeness (QED) is 0.663. The second-order valence-electron chi connectivity index (χ2n) is 2.56. The normalized spacial score (nSPS) is 10.8. The molecule has 14 heavy (non-hydrogen) atoms. The van der Waals surface area contributed by atoms with Gasteiger partial charge in [0.05, 0.1) is 10.9 Å². The van der Waals surface area contributed by atoms with Crippen LogP contribution in [0.2, 0.25) is 0 Å². The number of aldehydes is 1. The van der Waals surface area contributed by atoms with Crippen LogP contribution in [-0.2, 0) is 0 Å². The SMILES string of the molecule is O=Cc1cc2c(F)noc2c(F)c1F. The molecule has 6 heteroatoms. The number of carbonyl (C=O) groups is 1. The van der Waals surface area contributed by atoms with Crippen molar-refractivity contribution in [3.05, 3.63) is 29.2 Å². The highest BCUT2D eigenvalue weighted by Gasteiger charge is 2.19. The molecule has 1 aromatic carbocycles. The van der Waals surface area contributed by atoms with Gasteiger partial charge in [0, 0.05) is 0 Å². The number of halogens is 3. The lowest BCUT2D eigenvalue weighted by Crippen LogP contribution is -1.93. The molecule has 0 aliphatic carbocycles. The van der Waals surface area contributed by atoms with Gasteiger partial charge in [-0.2, -0.15) is 8.78 Å². The van der Waals surface area contributed by atoms with Crippen LogP contribution in [0.1, 0.15) is 10.4 Å². The van der Waals surface area contributed by atoms with Crippen LogP contribution in [-0.4, -0.2) is 11.4 Å². The fourth-order valence-electron chi connectivity index (χ4n) is 1.09. The lowest BCUT2D eigenvalue weighted by atomic mass is 10.1. The summed E-state index contributed by atoms with van der Waals surface area (Å²) in [6.45, 7) is 0. The van der Waals surface area contributed by atoms with Gasteiger partial charge in [-0.05, 0) is 11.2 Å². The Hall–Kier alpha value is -1.85. The molecule has 1 aromatic heterocycles. The van der Waals surface area contributed by atoms with Gasteiger partial charge in [0.2, 0.25) is 11.4 Å². The molecule has 0 aliphatic heterocycles. The van der Waals surface area contributed by atoms with Crippen LogP contribution in [0.15, 0.2) is 10.6 Å². The van der Waals surface area contributed by atoms with Gasteiger partial charge in [0.1, 0.15) is 0 Å². The van der Waals surface area contributed by atoms with Crippen molar-refractivity contribution >= 4 is 17.3 Å². The van der Waals surface area contributed by atoms with Crippen molar-refractivity contribution in [2.75, 3.05) is 0 Å². The van der Waals surface area contributed by atoms with Crippen molar-refractivity contribution in [2.24, 2.45) is 0 Å². The minimum atomic E-state index is -1.42. The third kappa shape index (κ3) is 1.00. The van der Waals surface area contributed by atoms with E-state index in [1.54, 1.807) is 0 Å². The smallest absolute Gasteiger partial charge is 0.261 e. The summed E-state index contributed by atoms with van der Waals surface area (Å²) in [5.74, 6) is -3.87. The van der Waals surface area contributed by atoms with Crippen molar-refractivity contribution in [3.63, 3.8) is 0 Å². The molecule has 3 nitrogen and oxygen atoms in total. The number of fused-ring (bicyclic) bond motifs is 1. The maximum atomic E-state index is 13.0. The summed E-state index contributed by atoms with van der Waals surface area (Å²) >= 11 is 0. The molecule has 72 valence electrons. The fraction of sp³-hybridized carbons (Fsp3) is 0. The minimum absolute atomic E-state index is 0.0876. The molecule has 0 bridgehead atoms. The Morgan fingerprint density at radius 2 is 2.00 bits per heavy atom. The van der Waals surface area contributed by atoms with Gasteiger partial charge in [-0.3, -0.25) is 4.79 Å². The highest BCUT2D eigenvalue weighted by atomic mass is 19.2. The van der Waals surface area contributed by atoms with Crippen LogP contribution >= 0.6 is 0 Å². The van der Waals surface area contributed by atoms with Crippen LogP contribution in [0.5, 0.6) is 0 Å². The monoisotopic (exact) mass is 201 g/mol. The number of benzene rings is 1. The molecule has 0 radical (unpaired) electrons. The Morgan fingerprint density at radius 3 is 2.64 bits per heavy atom. The predicted molar refractivity (Wildman–Crippen MR) is 39.3 cm³/mol. The van der Waals surface area contributed by atoms with E-state index in [4.69, 9.17) is 0 Å². The van der Waals surface area contributed by atoms with E-state index < -0.39 is 28.7 Å². The van der Waals surface area contributed by atoms with Crippen LogP contribution in [0.4, 0.5) is 13.2 Å². The summed E-state index contributed by atoms with van der Waals surface area (Å²) in [6, 6.07) is 0.840. The molecular weight excluding hydrogens is 199 g/mol. The molecular formula is C8H2F3NO2. The Kier molecular flexibility index (Phi) is 1.77. The van der Waals surface area contributed by atoms with Crippen molar-refractivity contribution in [1.29, 1.82) is 0 Å². The molecule has 0 N–H and O–H groups in total. The molecule has 0 spiro atoms. The van der Waals surface area contributed by atoms with Crippen LogP contribution < -0.4 is 0 Å². The topological polar surface area (TPSA) is 43.1 Å².